The van der Waals surface area contributed by atoms with Crippen LogP contribution in [-0.4, -0.2) is 35.6 Å². The first kappa shape index (κ1) is 15.8. The Labute approximate surface area is 137 Å². The summed E-state index contributed by atoms with van der Waals surface area (Å²) >= 11 is 5.89. The number of halogens is 1. The van der Waals surface area contributed by atoms with Gasteiger partial charge in [-0.2, -0.15) is 0 Å². The van der Waals surface area contributed by atoms with E-state index < -0.39 is 0 Å². The van der Waals surface area contributed by atoms with Crippen LogP contribution >= 0.6 is 11.6 Å². The highest BCUT2D eigenvalue weighted by Gasteiger charge is 2.45. The third-order valence-corrected chi connectivity index (χ3v) is 5.97. The van der Waals surface area contributed by atoms with Gasteiger partial charge in [0.1, 0.15) is 0 Å². The van der Waals surface area contributed by atoms with Crippen molar-refractivity contribution in [2.45, 2.75) is 26.2 Å². The predicted octanol–water partition coefficient (Wildman–Crippen LogP) is 3.46. The number of amides is 1. The largest absolute Gasteiger partial charge is 0.395 e. The predicted molar refractivity (Wildman–Crippen MR) is 87.9 cm³/mol. The lowest BCUT2D eigenvalue weighted by Crippen LogP contribution is -2.40. The van der Waals surface area contributed by atoms with Gasteiger partial charge in [0.05, 0.1) is 6.61 Å². The van der Waals surface area contributed by atoms with E-state index in [1.807, 2.05) is 4.90 Å². The Morgan fingerprint density at radius 1 is 1.27 bits per heavy atom. The number of rotatable bonds is 5. The highest BCUT2D eigenvalue weighted by Crippen LogP contribution is 2.52. The van der Waals surface area contributed by atoms with Crippen molar-refractivity contribution in [3.8, 4) is 0 Å². The minimum Gasteiger partial charge on any atom is -0.395 e. The molecule has 22 heavy (non-hydrogen) atoms. The van der Waals surface area contributed by atoms with E-state index >= 15 is 0 Å². The molecule has 120 valence electrons. The fourth-order valence-electron chi connectivity index (χ4n) is 4.44. The van der Waals surface area contributed by atoms with Gasteiger partial charge in [-0.3, -0.25) is 4.79 Å². The van der Waals surface area contributed by atoms with Gasteiger partial charge in [0, 0.05) is 23.7 Å². The van der Waals surface area contributed by atoms with Crippen LogP contribution in [0.25, 0.3) is 0 Å². The smallest absolute Gasteiger partial charge is 0.253 e. The first-order chi connectivity index (χ1) is 10.6. The Morgan fingerprint density at radius 2 is 1.95 bits per heavy atom. The van der Waals surface area contributed by atoms with Crippen molar-refractivity contribution in [2.24, 2.45) is 23.7 Å². The van der Waals surface area contributed by atoms with Crippen molar-refractivity contribution in [1.82, 2.24) is 4.90 Å². The van der Waals surface area contributed by atoms with E-state index in [0.717, 1.165) is 18.4 Å². The lowest BCUT2D eigenvalue weighted by Gasteiger charge is -2.33. The number of carbonyl (C=O) groups is 1. The van der Waals surface area contributed by atoms with Gasteiger partial charge in [0.2, 0.25) is 0 Å². The molecule has 3 nitrogen and oxygen atoms in total. The van der Waals surface area contributed by atoms with E-state index in [-0.39, 0.29) is 12.5 Å². The first-order valence-electron chi connectivity index (χ1n) is 8.26. The topological polar surface area (TPSA) is 40.5 Å². The summed E-state index contributed by atoms with van der Waals surface area (Å²) in [6.45, 7) is 3.51. The lowest BCUT2D eigenvalue weighted by atomic mass is 9.80. The zero-order chi connectivity index (χ0) is 15.7. The standard InChI is InChI=1S/C18H24ClNO2/c1-12-14-2-3-15(10-14)17(12)11-20(8-9-21)18(22)13-4-6-16(19)7-5-13/h4-7,12,14-15,17,21H,2-3,8-11H2,1H3/t12-,14+,15-,17+/m0/s1. The highest BCUT2D eigenvalue weighted by molar-refractivity contribution is 6.30. The minimum atomic E-state index is 0.000639. The number of benzene rings is 1. The third kappa shape index (κ3) is 3.02. The number of aliphatic hydroxyl groups excluding tert-OH is 1. The van der Waals surface area contributed by atoms with Crippen LogP contribution in [0.2, 0.25) is 5.02 Å². The first-order valence-corrected chi connectivity index (χ1v) is 8.63. The van der Waals surface area contributed by atoms with E-state index in [2.05, 4.69) is 6.92 Å². The molecule has 3 rings (SSSR count). The molecular formula is C18H24ClNO2. The molecule has 2 aliphatic rings. The summed E-state index contributed by atoms with van der Waals surface area (Å²) in [5, 5.41) is 9.96. The van der Waals surface area contributed by atoms with Crippen molar-refractivity contribution < 1.29 is 9.90 Å². The molecule has 4 heteroatoms. The van der Waals surface area contributed by atoms with Gasteiger partial charge < -0.3 is 10.0 Å². The molecule has 0 aromatic heterocycles. The Balaban J connectivity index is 1.72. The van der Waals surface area contributed by atoms with Crippen LogP contribution in [0, 0.1) is 23.7 Å². The van der Waals surface area contributed by atoms with E-state index in [1.54, 1.807) is 24.3 Å². The Hall–Kier alpha value is -1.06. The van der Waals surface area contributed by atoms with Gasteiger partial charge in [0.25, 0.3) is 5.91 Å². The fourth-order valence-corrected chi connectivity index (χ4v) is 4.57. The third-order valence-electron chi connectivity index (χ3n) is 5.72. The van der Waals surface area contributed by atoms with Crippen molar-refractivity contribution in [3.63, 3.8) is 0 Å². The molecule has 1 amide bonds. The molecule has 2 saturated carbocycles. The summed E-state index contributed by atoms with van der Waals surface area (Å²) in [6.07, 6.45) is 3.99. The molecule has 0 saturated heterocycles. The molecule has 0 heterocycles. The molecule has 1 N–H and O–H groups in total. The van der Waals surface area contributed by atoms with Gasteiger partial charge in [-0.25, -0.2) is 0 Å². The summed E-state index contributed by atoms with van der Waals surface area (Å²) < 4.78 is 0. The van der Waals surface area contributed by atoms with E-state index in [9.17, 15) is 9.90 Å². The average molecular weight is 322 g/mol. The lowest BCUT2D eigenvalue weighted by molar-refractivity contribution is 0.0633. The van der Waals surface area contributed by atoms with Gasteiger partial charge >= 0.3 is 0 Å². The molecule has 0 radical (unpaired) electrons. The summed E-state index contributed by atoms with van der Waals surface area (Å²) in [5.41, 5.74) is 0.647. The summed E-state index contributed by atoms with van der Waals surface area (Å²) in [7, 11) is 0. The van der Waals surface area contributed by atoms with E-state index in [4.69, 9.17) is 11.6 Å². The molecule has 0 unspecified atom stereocenters. The monoisotopic (exact) mass is 321 g/mol. The maximum atomic E-state index is 12.7. The number of carbonyl (C=O) groups excluding carboxylic acids is 1. The van der Waals surface area contributed by atoms with Gasteiger partial charge in [0.15, 0.2) is 0 Å². The molecule has 2 bridgehead atoms. The quantitative estimate of drug-likeness (QED) is 0.902. The van der Waals surface area contributed by atoms with Crippen LogP contribution in [-0.2, 0) is 0 Å². The second-order valence-corrected chi connectivity index (χ2v) is 7.27. The zero-order valence-corrected chi connectivity index (χ0v) is 13.8. The number of hydrogen-bond acceptors (Lipinski definition) is 2. The van der Waals surface area contributed by atoms with Crippen molar-refractivity contribution in [1.29, 1.82) is 0 Å². The van der Waals surface area contributed by atoms with Crippen LogP contribution in [0.5, 0.6) is 0 Å². The summed E-state index contributed by atoms with van der Waals surface area (Å²) in [4.78, 5) is 14.5. The number of fused-ring (bicyclic) bond motifs is 2. The summed E-state index contributed by atoms with van der Waals surface area (Å²) in [5.74, 6) is 2.89. The highest BCUT2D eigenvalue weighted by atomic mass is 35.5. The molecule has 2 aliphatic carbocycles. The van der Waals surface area contributed by atoms with Crippen LogP contribution < -0.4 is 0 Å². The van der Waals surface area contributed by atoms with Gasteiger partial charge in [-0.1, -0.05) is 18.5 Å². The summed E-state index contributed by atoms with van der Waals surface area (Å²) in [6, 6.07) is 7.01. The average Bonchev–Trinajstić information content (AvgIpc) is 3.10. The Morgan fingerprint density at radius 3 is 2.55 bits per heavy atom. The SMILES string of the molecule is C[C@H]1[C@@H]2CC[C@@H](C2)[C@@H]1CN(CCO)C(=O)c1ccc(Cl)cc1. The van der Waals surface area contributed by atoms with Crippen LogP contribution in [0.4, 0.5) is 0 Å². The molecule has 0 aliphatic heterocycles. The normalized spacial score (nSPS) is 29.8. The van der Waals surface area contributed by atoms with E-state index in [1.165, 1.54) is 19.3 Å². The molecule has 4 atom stereocenters. The molecular weight excluding hydrogens is 298 g/mol. The fraction of sp³-hybridized carbons (Fsp3) is 0.611. The number of aliphatic hydroxyl groups is 1. The van der Waals surface area contributed by atoms with Crippen molar-refractivity contribution in [2.75, 3.05) is 19.7 Å². The van der Waals surface area contributed by atoms with Crippen LogP contribution in [0.15, 0.2) is 24.3 Å². The van der Waals surface area contributed by atoms with Crippen molar-refractivity contribution in [3.05, 3.63) is 34.9 Å². The second-order valence-electron chi connectivity index (χ2n) is 6.84. The molecule has 1 aromatic rings. The molecule has 1 aromatic carbocycles. The Bertz CT molecular complexity index is 528. The van der Waals surface area contributed by atoms with Gasteiger partial charge in [-0.05, 0) is 67.2 Å². The zero-order valence-electron chi connectivity index (χ0n) is 13.0. The van der Waals surface area contributed by atoms with Crippen molar-refractivity contribution >= 4 is 17.5 Å². The maximum Gasteiger partial charge on any atom is 0.253 e. The number of nitrogens with zero attached hydrogens (tertiary/aromatic N) is 1. The van der Waals surface area contributed by atoms with Gasteiger partial charge in [-0.15, -0.1) is 0 Å². The van der Waals surface area contributed by atoms with Crippen LogP contribution in [0.3, 0.4) is 0 Å². The Kier molecular flexibility index (Phi) is 4.74. The van der Waals surface area contributed by atoms with Crippen LogP contribution in [0.1, 0.15) is 36.5 Å². The number of hydrogen-bond donors (Lipinski definition) is 1. The minimum absolute atomic E-state index is 0.000639. The maximum absolute atomic E-state index is 12.7. The molecule has 0 spiro atoms. The second kappa shape index (κ2) is 6.59. The molecule has 2 fully saturated rings. The van der Waals surface area contributed by atoms with E-state index in [0.29, 0.717) is 29.0 Å².